The number of ether oxygens (including phenoxy) is 1. The number of carbonyl (C=O) groups is 1. The molecule has 0 aromatic heterocycles. The van der Waals surface area contributed by atoms with Crippen LogP contribution >= 0.6 is 0 Å². The number of pyridine rings is 1. The smallest absolute Gasteiger partial charge is 0.255 e. The van der Waals surface area contributed by atoms with E-state index in [1.807, 2.05) is 41.2 Å². The van der Waals surface area contributed by atoms with Gasteiger partial charge in [-0.15, -0.1) is 0 Å². The summed E-state index contributed by atoms with van der Waals surface area (Å²) in [6.45, 7) is 0.177. The summed E-state index contributed by atoms with van der Waals surface area (Å²) in [5.74, 6) is -2.46. The number of halogens is 3. The van der Waals surface area contributed by atoms with E-state index in [0.29, 0.717) is 36.3 Å². The number of allylic oxidation sites excluding steroid dienone is 4. The Kier molecular flexibility index (Phi) is 6.28. The summed E-state index contributed by atoms with van der Waals surface area (Å²) in [7, 11) is 0. The van der Waals surface area contributed by atoms with Crippen LogP contribution in [0, 0.1) is 5.82 Å². The number of aromatic nitrogens is 3. The van der Waals surface area contributed by atoms with E-state index in [2.05, 4.69) is 9.97 Å². The quantitative estimate of drug-likeness (QED) is 0.375. The van der Waals surface area contributed by atoms with Gasteiger partial charge in [0.05, 0.1) is 5.69 Å². The number of carbonyl (C=O) groups excluding carboxylic acids is 1. The van der Waals surface area contributed by atoms with Crippen molar-refractivity contribution in [3.05, 3.63) is 95.9 Å². The van der Waals surface area contributed by atoms with Crippen LogP contribution in [-0.2, 0) is 11.3 Å². The number of nitrogens with two attached hydrogens (primary N) is 1. The molecule has 0 radical (unpaired) electrons. The predicted octanol–water partition coefficient (Wildman–Crippen LogP) is 5.43. The molecule has 0 spiro atoms. The molecule has 2 aromatic carbocycles. The molecule has 0 bridgehead atoms. The molecule has 0 saturated carbocycles. The molecule has 1 aliphatic carbocycles. The SMILES string of the molecule is NC(=O)COc1cc(F)ccc1-c1ccc(Cn2ccc3nc(C4=C(F)C(F)=CCC4)nc-3c2)cc1. The molecule has 2 N–H and O–H groups in total. The number of primary amides is 1. The Hall–Kier alpha value is -4.40. The molecule has 0 fully saturated rings. The molecule has 182 valence electrons. The van der Waals surface area contributed by atoms with Crippen LogP contribution in [-0.4, -0.2) is 27.0 Å². The molecule has 2 aromatic rings. The minimum absolute atomic E-state index is 0.188. The number of hydrogen-bond donors (Lipinski definition) is 1. The van der Waals surface area contributed by atoms with Crippen molar-refractivity contribution in [2.75, 3.05) is 6.61 Å². The van der Waals surface area contributed by atoms with Crippen LogP contribution in [0.15, 0.2) is 78.7 Å². The standard InChI is InChI=1S/C27H21F3N4O2/c28-18-8-9-19(24(12-18)36-15-25(31)35)17-6-4-16(5-7-17)13-34-11-10-22-23(14-34)33-27(32-22)20-2-1-3-21(29)26(20)30/h3-12,14H,1-2,13,15H2,(H2,31,35). The van der Waals surface area contributed by atoms with Gasteiger partial charge in [-0.25, -0.2) is 23.1 Å². The summed E-state index contributed by atoms with van der Waals surface area (Å²) in [6, 6.07) is 13.5. The van der Waals surface area contributed by atoms with E-state index in [0.717, 1.165) is 11.1 Å². The first kappa shape index (κ1) is 23.3. The highest BCUT2D eigenvalue weighted by molar-refractivity contribution is 5.76. The fraction of sp³-hybridized carbons (Fsp3) is 0.148. The summed E-state index contributed by atoms with van der Waals surface area (Å²) in [5, 5.41) is 0. The monoisotopic (exact) mass is 490 g/mol. The number of rotatable bonds is 7. The van der Waals surface area contributed by atoms with Gasteiger partial charge in [0.1, 0.15) is 17.3 Å². The second kappa shape index (κ2) is 9.69. The van der Waals surface area contributed by atoms with Gasteiger partial charge in [0.2, 0.25) is 0 Å². The van der Waals surface area contributed by atoms with E-state index >= 15 is 0 Å². The minimum Gasteiger partial charge on any atom is -0.483 e. The number of benzene rings is 2. The highest BCUT2D eigenvalue weighted by atomic mass is 19.2. The van der Waals surface area contributed by atoms with Crippen molar-refractivity contribution in [3.63, 3.8) is 0 Å². The molecule has 0 atom stereocenters. The van der Waals surface area contributed by atoms with Crippen molar-refractivity contribution in [2.24, 2.45) is 5.73 Å². The fourth-order valence-electron chi connectivity index (χ4n) is 4.09. The number of imidazole rings is 1. The Morgan fingerprint density at radius 1 is 1.03 bits per heavy atom. The second-order valence-corrected chi connectivity index (χ2v) is 8.41. The Morgan fingerprint density at radius 3 is 2.58 bits per heavy atom. The second-order valence-electron chi connectivity index (χ2n) is 8.41. The van der Waals surface area contributed by atoms with Crippen molar-refractivity contribution < 1.29 is 22.7 Å². The van der Waals surface area contributed by atoms with Gasteiger partial charge in [0.25, 0.3) is 5.91 Å². The zero-order chi connectivity index (χ0) is 25.2. The highest BCUT2D eigenvalue weighted by Gasteiger charge is 2.22. The Balaban J connectivity index is 1.36. The van der Waals surface area contributed by atoms with Crippen molar-refractivity contribution in [1.29, 1.82) is 0 Å². The lowest BCUT2D eigenvalue weighted by atomic mass is 10.0. The number of fused-ring (bicyclic) bond motifs is 1. The first-order chi connectivity index (χ1) is 17.4. The zero-order valence-corrected chi connectivity index (χ0v) is 19.0. The maximum atomic E-state index is 14.2. The Morgan fingerprint density at radius 2 is 1.81 bits per heavy atom. The summed E-state index contributed by atoms with van der Waals surface area (Å²) >= 11 is 0. The van der Waals surface area contributed by atoms with Gasteiger partial charge in [-0.1, -0.05) is 24.3 Å². The maximum absolute atomic E-state index is 14.2. The Bertz CT molecular complexity index is 1470. The lowest BCUT2D eigenvalue weighted by Crippen LogP contribution is -2.20. The van der Waals surface area contributed by atoms with E-state index in [4.69, 9.17) is 10.5 Å². The molecule has 0 unspecified atom stereocenters. The molecule has 2 aliphatic heterocycles. The molecule has 5 rings (SSSR count). The number of amides is 1. The average Bonchev–Trinajstić information content (AvgIpc) is 3.28. The molecule has 0 saturated heterocycles. The van der Waals surface area contributed by atoms with Gasteiger partial charge in [0, 0.05) is 36.1 Å². The summed E-state index contributed by atoms with van der Waals surface area (Å²) in [4.78, 5) is 19.9. The minimum atomic E-state index is -0.895. The molecule has 2 heterocycles. The normalized spacial score (nSPS) is 13.7. The van der Waals surface area contributed by atoms with Gasteiger partial charge < -0.3 is 15.0 Å². The van der Waals surface area contributed by atoms with Gasteiger partial charge in [-0.05, 0) is 48.2 Å². The molecule has 36 heavy (non-hydrogen) atoms. The van der Waals surface area contributed by atoms with Crippen LogP contribution in [0.1, 0.15) is 24.2 Å². The molecule has 6 nitrogen and oxygen atoms in total. The fourth-order valence-corrected chi connectivity index (χ4v) is 4.09. The van der Waals surface area contributed by atoms with Crippen molar-refractivity contribution in [3.8, 4) is 28.3 Å². The lowest BCUT2D eigenvalue weighted by Gasteiger charge is -2.12. The van der Waals surface area contributed by atoms with E-state index in [1.165, 1.54) is 18.2 Å². The third-order valence-electron chi connectivity index (χ3n) is 5.83. The van der Waals surface area contributed by atoms with E-state index in [-0.39, 0.29) is 23.8 Å². The maximum Gasteiger partial charge on any atom is 0.255 e. The largest absolute Gasteiger partial charge is 0.483 e. The zero-order valence-electron chi connectivity index (χ0n) is 19.0. The molecular formula is C27H21F3N4O2. The third kappa shape index (κ3) is 4.86. The van der Waals surface area contributed by atoms with E-state index in [1.54, 1.807) is 12.1 Å². The summed E-state index contributed by atoms with van der Waals surface area (Å²) < 4.78 is 48.8. The summed E-state index contributed by atoms with van der Waals surface area (Å²) in [6.07, 6.45) is 5.64. The van der Waals surface area contributed by atoms with Crippen LogP contribution in [0.25, 0.3) is 28.1 Å². The van der Waals surface area contributed by atoms with Crippen molar-refractivity contribution in [1.82, 2.24) is 14.5 Å². The lowest BCUT2D eigenvalue weighted by molar-refractivity contribution is -0.119. The first-order valence-electron chi connectivity index (χ1n) is 11.3. The number of nitrogens with zero attached hydrogens (tertiary/aromatic N) is 3. The van der Waals surface area contributed by atoms with Crippen LogP contribution < -0.4 is 10.5 Å². The molecular weight excluding hydrogens is 469 g/mol. The Labute approximate surface area is 204 Å². The predicted molar refractivity (Wildman–Crippen MR) is 129 cm³/mol. The topological polar surface area (TPSA) is 83.0 Å². The average molecular weight is 490 g/mol. The summed E-state index contributed by atoms with van der Waals surface area (Å²) in [5.41, 5.74) is 8.92. The van der Waals surface area contributed by atoms with Crippen LogP contribution in [0.4, 0.5) is 13.2 Å². The third-order valence-corrected chi connectivity index (χ3v) is 5.83. The van der Waals surface area contributed by atoms with Gasteiger partial charge in [0.15, 0.2) is 24.1 Å². The van der Waals surface area contributed by atoms with Crippen LogP contribution in [0.3, 0.4) is 0 Å². The molecule has 3 aliphatic rings. The number of hydrogen-bond acceptors (Lipinski definition) is 4. The van der Waals surface area contributed by atoms with Crippen molar-refractivity contribution in [2.45, 2.75) is 19.4 Å². The highest BCUT2D eigenvalue weighted by Crippen LogP contribution is 2.35. The first-order valence-corrected chi connectivity index (χ1v) is 11.3. The van der Waals surface area contributed by atoms with Gasteiger partial charge in [-0.3, -0.25) is 4.79 Å². The van der Waals surface area contributed by atoms with Gasteiger partial charge >= 0.3 is 0 Å². The van der Waals surface area contributed by atoms with E-state index in [9.17, 15) is 18.0 Å². The van der Waals surface area contributed by atoms with Crippen molar-refractivity contribution >= 4 is 11.5 Å². The molecule has 1 amide bonds. The van der Waals surface area contributed by atoms with Crippen LogP contribution in [0.5, 0.6) is 5.75 Å². The van der Waals surface area contributed by atoms with E-state index < -0.39 is 23.4 Å². The molecule has 9 heteroatoms. The van der Waals surface area contributed by atoms with Crippen LogP contribution in [0.2, 0.25) is 0 Å². The van der Waals surface area contributed by atoms with Gasteiger partial charge in [-0.2, -0.15) is 0 Å².